The largest absolute Gasteiger partial charge is 0.478 e. The van der Waals surface area contributed by atoms with Crippen LogP contribution in [0.15, 0.2) is 40.9 Å². The molecule has 0 bridgehead atoms. The first kappa shape index (κ1) is 21.4. The van der Waals surface area contributed by atoms with Crippen LogP contribution in [-0.2, 0) is 4.74 Å². The number of hydrogen-bond donors (Lipinski definition) is 1. The van der Waals surface area contributed by atoms with E-state index in [1.807, 2.05) is 4.90 Å². The molecule has 0 radical (unpaired) electrons. The van der Waals surface area contributed by atoms with Crippen molar-refractivity contribution in [1.29, 1.82) is 0 Å². The molecular formula is C24H22N2O6S. The number of benzene rings is 1. The van der Waals surface area contributed by atoms with Crippen molar-refractivity contribution in [2.24, 2.45) is 0 Å². The van der Waals surface area contributed by atoms with Crippen LogP contribution in [0.2, 0.25) is 0 Å². The number of amides is 1. The van der Waals surface area contributed by atoms with Gasteiger partial charge >= 0.3 is 5.97 Å². The fourth-order valence-corrected chi connectivity index (χ4v) is 5.39. The Morgan fingerprint density at radius 2 is 2.15 bits per heavy atom. The van der Waals surface area contributed by atoms with E-state index in [9.17, 15) is 14.7 Å². The fourth-order valence-electron chi connectivity index (χ4n) is 4.37. The molecule has 1 aliphatic rings. The predicted octanol–water partition coefficient (Wildman–Crippen LogP) is 5.09. The molecule has 1 atom stereocenters. The molecule has 0 aliphatic carbocycles. The van der Waals surface area contributed by atoms with E-state index in [2.05, 4.69) is 4.98 Å². The standard InChI is InChI=1S/C24H22N2O6S/c1-13-21(24(28)29)16-6-5-15(10-19(16)31-13)32-18-7-8-25-17-11-20(33-22(17)18)23(27)26-9-3-4-14(26)12-30-2/h5-8,10-11,14H,3-4,9,12H2,1-2H3,(H,28,29)/t14-/m0/s1. The summed E-state index contributed by atoms with van der Waals surface area (Å²) < 4.78 is 17.8. The monoisotopic (exact) mass is 466 g/mol. The second-order valence-electron chi connectivity index (χ2n) is 7.98. The number of hydrogen-bond acceptors (Lipinski definition) is 7. The number of fused-ring (bicyclic) bond motifs is 2. The number of likely N-dealkylation sites (tertiary alicyclic amines) is 1. The Balaban J connectivity index is 1.45. The number of methoxy groups -OCH3 is 1. The minimum absolute atomic E-state index is 0.0165. The summed E-state index contributed by atoms with van der Waals surface area (Å²) in [7, 11) is 1.65. The third-order valence-corrected chi connectivity index (χ3v) is 6.99. The van der Waals surface area contributed by atoms with Crippen molar-refractivity contribution in [3.8, 4) is 11.5 Å². The molecule has 5 rings (SSSR count). The summed E-state index contributed by atoms with van der Waals surface area (Å²) in [6.07, 6.45) is 3.55. The molecule has 4 heterocycles. The van der Waals surface area contributed by atoms with Crippen molar-refractivity contribution in [3.63, 3.8) is 0 Å². The Morgan fingerprint density at radius 3 is 2.94 bits per heavy atom. The summed E-state index contributed by atoms with van der Waals surface area (Å²) in [6, 6.07) is 8.69. The van der Waals surface area contributed by atoms with Gasteiger partial charge in [-0.25, -0.2) is 4.79 Å². The molecule has 9 heteroatoms. The highest BCUT2D eigenvalue weighted by atomic mass is 32.1. The number of aryl methyl sites for hydroxylation is 1. The van der Waals surface area contributed by atoms with Gasteiger partial charge in [-0.3, -0.25) is 9.78 Å². The number of nitrogens with zero attached hydrogens (tertiary/aromatic N) is 2. The van der Waals surface area contributed by atoms with Crippen molar-refractivity contribution in [2.75, 3.05) is 20.3 Å². The summed E-state index contributed by atoms with van der Waals surface area (Å²) in [5.74, 6) is 0.368. The number of carboxylic acid groups (broad SMARTS) is 1. The van der Waals surface area contributed by atoms with Crippen LogP contribution in [-0.4, -0.2) is 53.2 Å². The molecule has 0 spiro atoms. The summed E-state index contributed by atoms with van der Waals surface area (Å²) in [4.78, 5) is 31.5. The number of carbonyl (C=O) groups is 2. The van der Waals surface area contributed by atoms with Crippen LogP contribution in [0, 0.1) is 6.92 Å². The Labute approximate surface area is 193 Å². The Morgan fingerprint density at radius 1 is 1.30 bits per heavy atom. The zero-order chi connectivity index (χ0) is 23.1. The number of carboxylic acids is 1. The first-order valence-corrected chi connectivity index (χ1v) is 11.4. The van der Waals surface area contributed by atoms with E-state index in [4.69, 9.17) is 13.9 Å². The van der Waals surface area contributed by atoms with E-state index < -0.39 is 5.97 Å². The van der Waals surface area contributed by atoms with Crippen LogP contribution >= 0.6 is 11.3 Å². The molecule has 1 amide bonds. The average molecular weight is 467 g/mol. The summed E-state index contributed by atoms with van der Waals surface area (Å²) in [6.45, 7) is 2.87. The molecule has 1 saturated heterocycles. The Hall–Kier alpha value is -3.43. The third kappa shape index (κ3) is 3.83. The van der Waals surface area contributed by atoms with Gasteiger partial charge < -0.3 is 23.9 Å². The maximum atomic E-state index is 13.2. The van der Waals surface area contributed by atoms with Crippen molar-refractivity contribution >= 4 is 44.4 Å². The molecule has 33 heavy (non-hydrogen) atoms. The van der Waals surface area contributed by atoms with Crippen molar-refractivity contribution in [3.05, 3.63) is 52.7 Å². The van der Waals surface area contributed by atoms with Crippen LogP contribution in [0.1, 0.15) is 38.6 Å². The lowest BCUT2D eigenvalue weighted by atomic mass is 10.1. The summed E-state index contributed by atoms with van der Waals surface area (Å²) in [5, 5.41) is 9.93. The van der Waals surface area contributed by atoms with Crippen LogP contribution in [0.4, 0.5) is 0 Å². The summed E-state index contributed by atoms with van der Waals surface area (Å²) in [5.41, 5.74) is 1.28. The van der Waals surface area contributed by atoms with E-state index in [-0.39, 0.29) is 17.5 Å². The maximum absolute atomic E-state index is 13.2. The van der Waals surface area contributed by atoms with Gasteiger partial charge in [0.2, 0.25) is 0 Å². The number of furan rings is 1. The second kappa shape index (κ2) is 8.49. The molecular weight excluding hydrogens is 444 g/mol. The molecule has 1 aromatic carbocycles. The number of ether oxygens (including phenoxy) is 2. The molecule has 4 aromatic rings. The van der Waals surface area contributed by atoms with Gasteiger partial charge in [-0.15, -0.1) is 11.3 Å². The first-order valence-electron chi connectivity index (χ1n) is 10.6. The smallest absolute Gasteiger partial charge is 0.339 e. The van der Waals surface area contributed by atoms with Gasteiger partial charge in [-0.05, 0) is 38.0 Å². The van der Waals surface area contributed by atoms with Crippen molar-refractivity contribution in [1.82, 2.24) is 9.88 Å². The lowest BCUT2D eigenvalue weighted by Crippen LogP contribution is -2.37. The number of aromatic carboxylic acids is 1. The van der Waals surface area contributed by atoms with E-state index in [0.717, 1.165) is 24.1 Å². The third-order valence-electron chi connectivity index (χ3n) is 5.86. The number of thiophene rings is 1. The molecule has 3 aromatic heterocycles. The van der Waals surface area contributed by atoms with Gasteiger partial charge in [0.05, 0.1) is 27.7 Å². The average Bonchev–Trinajstić information content (AvgIpc) is 3.49. The Bertz CT molecular complexity index is 1370. The number of rotatable bonds is 6. The molecule has 1 N–H and O–H groups in total. The van der Waals surface area contributed by atoms with Crippen LogP contribution in [0.25, 0.3) is 21.2 Å². The predicted molar refractivity (Wildman–Crippen MR) is 124 cm³/mol. The zero-order valence-corrected chi connectivity index (χ0v) is 19.0. The van der Waals surface area contributed by atoms with Gasteiger partial charge in [0, 0.05) is 37.4 Å². The lowest BCUT2D eigenvalue weighted by molar-refractivity contribution is 0.0634. The van der Waals surface area contributed by atoms with Crippen molar-refractivity contribution < 1.29 is 28.6 Å². The highest BCUT2D eigenvalue weighted by molar-refractivity contribution is 7.21. The second-order valence-corrected chi connectivity index (χ2v) is 9.03. The Kier molecular flexibility index (Phi) is 5.51. The van der Waals surface area contributed by atoms with Gasteiger partial charge in [-0.2, -0.15) is 0 Å². The number of pyridine rings is 1. The quantitative estimate of drug-likeness (QED) is 0.422. The van der Waals surface area contributed by atoms with Crippen LogP contribution < -0.4 is 4.74 Å². The van der Waals surface area contributed by atoms with E-state index in [0.29, 0.717) is 45.2 Å². The van der Waals surface area contributed by atoms with Crippen LogP contribution in [0.5, 0.6) is 11.5 Å². The molecule has 1 fully saturated rings. The van der Waals surface area contributed by atoms with E-state index in [1.165, 1.54) is 11.3 Å². The molecule has 0 unspecified atom stereocenters. The lowest BCUT2D eigenvalue weighted by Gasteiger charge is -2.23. The normalized spacial score (nSPS) is 16.1. The topological polar surface area (TPSA) is 102 Å². The zero-order valence-electron chi connectivity index (χ0n) is 18.2. The van der Waals surface area contributed by atoms with Gasteiger partial charge in [0.15, 0.2) is 0 Å². The fraction of sp³-hybridized carbons (Fsp3) is 0.292. The highest BCUT2D eigenvalue weighted by Crippen LogP contribution is 2.37. The van der Waals surface area contributed by atoms with Gasteiger partial charge in [0.1, 0.15) is 28.4 Å². The SMILES string of the molecule is COC[C@@H]1CCCN1C(=O)c1cc2nccc(Oc3ccc4c(C(=O)O)c(C)oc4c3)c2s1. The first-order chi connectivity index (χ1) is 16.0. The minimum Gasteiger partial charge on any atom is -0.478 e. The molecule has 1 aliphatic heterocycles. The van der Waals surface area contributed by atoms with E-state index in [1.54, 1.807) is 50.6 Å². The molecule has 0 saturated carbocycles. The highest BCUT2D eigenvalue weighted by Gasteiger charge is 2.30. The summed E-state index contributed by atoms with van der Waals surface area (Å²) >= 11 is 1.35. The maximum Gasteiger partial charge on any atom is 0.339 e. The van der Waals surface area contributed by atoms with Crippen LogP contribution in [0.3, 0.4) is 0 Å². The van der Waals surface area contributed by atoms with Gasteiger partial charge in [-0.1, -0.05) is 0 Å². The number of carbonyl (C=O) groups excluding carboxylic acids is 1. The van der Waals surface area contributed by atoms with Gasteiger partial charge in [0.25, 0.3) is 5.91 Å². The molecule has 8 nitrogen and oxygen atoms in total. The minimum atomic E-state index is -1.03. The number of aromatic nitrogens is 1. The molecule has 170 valence electrons. The van der Waals surface area contributed by atoms with E-state index >= 15 is 0 Å². The van der Waals surface area contributed by atoms with Crippen molar-refractivity contribution in [2.45, 2.75) is 25.8 Å².